The zero-order valence-corrected chi connectivity index (χ0v) is 9.81. The third-order valence-electron chi connectivity index (χ3n) is 2.22. The molecular weight excluding hydrogens is 256 g/mol. The van der Waals surface area contributed by atoms with Gasteiger partial charge >= 0.3 is 11.9 Å². The van der Waals surface area contributed by atoms with Crippen molar-refractivity contribution in [2.24, 2.45) is 5.73 Å². The second-order valence-corrected chi connectivity index (χ2v) is 3.74. The van der Waals surface area contributed by atoms with Crippen molar-refractivity contribution in [3.8, 4) is 0 Å². The van der Waals surface area contributed by atoms with E-state index in [1.807, 2.05) is 0 Å². The van der Waals surface area contributed by atoms with Gasteiger partial charge in [-0.3, -0.25) is 19.7 Å². The van der Waals surface area contributed by atoms with Crippen LogP contribution in [0.15, 0.2) is 24.3 Å². The first-order valence-electron chi connectivity index (χ1n) is 5.27. The fraction of sp³-hybridized carbons (Fsp3) is 0.273. The maximum atomic E-state index is 11.3. The Morgan fingerprint density at radius 1 is 1.47 bits per heavy atom. The topological polar surface area (TPSA) is 133 Å². The van der Waals surface area contributed by atoms with Crippen molar-refractivity contribution in [1.29, 1.82) is 0 Å². The minimum absolute atomic E-state index is 0.115. The maximum absolute atomic E-state index is 11.3. The van der Waals surface area contributed by atoms with Crippen molar-refractivity contribution in [2.75, 3.05) is 0 Å². The number of non-ortho nitro benzene ring substituents is 1. The van der Waals surface area contributed by atoms with Crippen molar-refractivity contribution in [1.82, 2.24) is 0 Å². The number of ether oxygens (including phenoxy) is 1. The summed E-state index contributed by atoms with van der Waals surface area (Å²) in [5, 5.41) is 19.0. The molecule has 1 rings (SSSR count). The van der Waals surface area contributed by atoms with Gasteiger partial charge in [0.25, 0.3) is 5.69 Å². The SMILES string of the molecule is N[C@@H](CC(=O)OCc1cccc([N+](=O)[O-])c1)C(=O)O. The Hall–Kier alpha value is -2.48. The van der Waals surface area contributed by atoms with Gasteiger partial charge in [-0.15, -0.1) is 0 Å². The molecule has 0 spiro atoms. The van der Waals surface area contributed by atoms with Crippen LogP contribution in [0.25, 0.3) is 0 Å². The molecule has 8 heteroatoms. The van der Waals surface area contributed by atoms with Crippen LogP contribution in [0.2, 0.25) is 0 Å². The molecule has 0 aliphatic carbocycles. The van der Waals surface area contributed by atoms with Gasteiger partial charge in [-0.1, -0.05) is 12.1 Å². The Labute approximate surface area is 107 Å². The van der Waals surface area contributed by atoms with E-state index in [1.54, 1.807) is 6.07 Å². The molecule has 0 aliphatic heterocycles. The van der Waals surface area contributed by atoms with Crippen LogP contribution < -0.4 is 5.73 Å². The molecule has 3 N–H and O–H groups in total. The van der Waals surface area contributed by atoms with Crippen LogP contribution in [-0.2, 0) is 20.9 Å². The molecule has 0 saturated carbocycles. The largest absolute Gasteiger partial charge is 0.480 e. The molecule has 0 unspecified atom stereocenters. The molecule has 0 radical (unpaired) electrons. The number of nitro benzene ring substituents is 1. The quantitative estimate of drug-likeness (QED) is 0.434. The number of carboxylic acids is 1. The Bertz CT molecular complexity index is 502. The Balaban J connectivity index is 2.53. The van der Waals surface area contributed by atoms with Crippen LogP contribution in [-0.4, -0.2) is 28.0 Å². The fourth-order valence-electron chi connectivity index (χ4n) is 1.25. The number of esters is 1. The summed E-state index contributed by atoms with van der Waals surface area (Å²) in [7, 11) is 0. The number of carboxylic acid groups (broad SMARTS) is 1. The minimum Gasteiger partial charge on any atom is -0.480 e. The third-order valence-corrected chi connectivity index (χ3v) is 2.22. The van der Waals surface area contributed by atoms with Gasteiger partial charge < -0.3 is 15.6 Å². The van der Waals surface area contributed by atoms with E-state index < -0.39 is 29.3 Å². The average molecular weight is 268 g/mol. The van der Waals surface area contributed by atoms with Crippen molar-refractivity contribution < 1.29 is 24.4 Å². The first-order chi connectivity index (χ1) is 8.90. The van der Waals surface area contributed by atoms with E-state index in [1.165, 1.54) is 18.2 Å². The second kappa shape index (κ2) is 6.45. The summed E-state index contributed by atoms with van der Waals surface area (Å²) in [5.74, 6) is -2.08. The number of carbonyl (C=O) groups excluding carboxylic acids is 1. The first kappa shape index (κ1) is 14.6. The van der Waals surface area contributed by atoms with E-state index in [0.29, 0.717) is 5.56 Å². The zero-order valence-electron chi connectivity index (χ0n) is 9.81. The minimum atomic E-state index is -1.32. The van der Waals surface area contributed by atoms with Gasteiger partial charge in [0.1, 0.15) is 12.6 Å². The van der Waals surface area contributed by atoms with Crippen LogP contribution in [0.5, 0.6) is 0 Å². The van der Waals surface area contributed by atoms with E-state index in [2.05, 4.69) is 0 Å². The summed E-state index contributed by atoms with van der Waals surface area (Å²) in [6, 6.07) is 4.27. The highest BCUT2D eigenvalue weighted by Crippen LogP contribution is 2.14. The maximum Gasteiger partial charge on any atom is 0.321 e. The number of nitro groups is 1. The highest BCUT2D eigenvalue weighted by atomic mass is 16.6. The van der Waals surface area contributed by atoms with Gasteiger partial charge in [0.2, 0.25) is 0 Å². The Morgan fingerprint density at radius 3 is 2.74 bits per heavy atom. The molecule has 0 fully saturated rings. The summed E-state index contributed by atoms with van der Waals surface area (Å²) >= 11 is 0. The van der Waals surface area contributed by atoms with E-state index >= 15 is 0 Å². The molecule has 0 heterocycles. The van der Waals surface area contributed by atoms with Crippen LogP contribution >= 0.6 is 0 Å². The molecule has 0 saturated heterocycles. The summed E-state index contributed by atoms with van der Waals surface area (Å²) in [6.07, 6.45) is -0.454. The zero-order chi connectivity index (χ0) is 14.4. The number of hydrogen-bond acceptors (Lipinski definition) is 6. The predicted molar refractivity (Wildman–Crippen MR) is 63.1 cm³/mol. The van der Waals surface area contributed by atoms with Crippen LogP contribution in [0.4, 0.5) is 5.69 Å². The van der Waals surface area contributed by atoms with Crippen molar-refractivity contribution in [3.63, 3.8) is 0 Å². The van der Waals surface area contributed by atoms with Crippen molar-refractivity contribution in [3.05, 3.63) is 39.9 Å². The lowest BCUT2D eigenvalue weighted by atomic mass is 10.2. The molecule has 0 aliphatic rings. The van der Waals surface area contributed by atoms with Crippen LogP contribution in [0, 0.1) is 10.1 Å². The summed E-state index contributed by atoms with van der Waals surface area (Å²) < 4.78 is 4.78. The molecule has 1 aromatic carbocycles. The first-order valence-corrected chi connectivity index (χ1v) is 5.27. The van der Waals surface area contributed by atoms with Gasteiger partial charge in [-0.05, 0) is 5.56 Å². The smallest absolute Gasteiger partial charge is 0.321 e. The lowest BCUT2D eigenvalue weighted by Crippen LogP contribution is -2.33. The van der Waals surface area contributed by atoms with Gasteiger partial charge in [0, 0.05) is 12.1 Å². The molecule has 1 aromatic rings. The number of hydrogen-bond donors (Lipinski definition) is 2. The molecule has 0 aromatic heterocycles. The molecule has 0 bridgehead atoms. The summed E-state index contributed by atoms with van der Waals surface area (Å²) in [6.45, 7) is -0.174. The normalized spacial score (nSPS) is 11.6. The molecule has 102 valence electrons. The van der Waals surface area contributed by atoms with E-state index in [4.69, 9.17) is 15.6 Å². The van der Waals surface area contributed by atoms with E-state index in [0.717, 1.165) is 0 Å². The van der Waals surface area contributed by atoms with Gasteiger partial charge in [0.05, 0.1) is 11.3 Å². The molecule has 0 amide bonds. The third kappa shape index (κ3) is 4.72. The highest BCUT2D eigenvalue weighted by molar-refractivity contribution is 5.81. The fourth-order valence-corrected chi connectivity index (χ4v) is 1.25. The lowest BCUT2D eigenvalue weighted by molar-refractivity contribution is -0.384. The van der Waals surface area contributed by atoms with E-state index in [-0.39, 0.29) is 12.3 Å². The van der Waals surface area contributed by atoms with E-state index in [9.17, 15) is 19.7 Å². The molecule has 1 atom stereocenters. The van der Waals surface area contributed by atoms with Gasteiger partial charge in [0.15, 0.2) is 0 Å². The number of rotatable bonds is 6. The van der Waals surface area contributed by atoms with Crippen molar-refractivity contribution in [2.45, 2.75) is 19.1 Å². The summed E-state index contributed by atoms with van der Waals surface area (Å²) in [4.78, 5) is 31.6. The number of nitrogens with two attached hydrogens (primary N) is 1. The Kier molecular flexibility index (Phi) is 4.95. The average Bonchev–Trinajstić information content (AvgIpc) is 2.36. The van der Waals surface area contributed by atoms with Gasteiger partial charge in [-0.2, -0.15) is 0 Å². The van der Waals surface area contributed by atoms with Crippen LogP contribution in [0.1, 0.15) is 12.0 Å². The highest BCUT2D eigenvalue weighted by Gasteiger charge is 2.17. The standard InChI is InChI=1S/C11H12N2O6/c12-9(11(15)16)5-10(14)19-6-7-2-1-3-8(4-7)13(17)18/h1-4,9H,5-6,12H2,(H,15,16)/t9-/m0/s1. The number of benzene rings is 1. The predicted octanol–water partition coefficient (Wildman–Crippen LogP) is 0.440. The molecular formula is C11H12N2O6. The summed E-state index contributed by atoms with van der Waals surface area (Å²) in [5.41, 5.74) is 5.48. The number of aliphatic carboxylic acids is 1. The monoisotopic (exact) mass is 268 g/mol. The second-order valence-electron chi connectivity index (χ2n) is 3.74. The van der Waals surface area contributed by atoms with Gasteiger partial charge in [-0.25, -0.2) is 0 Å². The van der Waals surface area contributed by atoms with Crippen molar-refractivity contribution >= 4 is 17.6 Å². The molecule has 19 heavy (non-hydrogen) atoms. The number of carbonyl (C=O) groups is 2. The lowest BCUT2D eigenvalue weighted by Gasteiger charge is -2.07. The molecule has 8 nitrogen and oxygen atoms in total. The Morgan fingerprint density at radius 2 is 2.16 bits per heavy atom. The van der Waals surface area contributed by atoms with Crippen LogP contribution in [0.3, 0.4) is 0 Å². The number of nitrogens with zero attached hydrogens (tertiary/aromatic N) is 1.